The van der Waals surface area contributed by atoms with Crippen LogP contribution >= 0.6 is 0 Å². The number of aliphatic hydroxyl groups excluding tert-OH is 2. The summed E-state index contributed by atoms with van der Waals surface area (Å²) >= 11 is 0. The van der Waals surface area contributed by atoms with Crippen molar-refractivity contribution >= 4 is 5.69 Å². The number of anilines is 1. The van der Waals surface area contributed by atoms with Crippen molar-refractivity contribution in [1.29, 1.82) is 0 Å². The molecule has 2 N–H and O–H groups in total. The van der Waals surface area contributed by atoms with Gasteiger partial charge in [0.05, 0.1) is 18.3 Å². The van der Waals surface area contributed by atoms with E-state index >= 15 is 0 Å². The molecule has 0 radical (unpaired) electrons. The van der Waals surface area contributed by atoms with E-state index in [4.69, 9.17) is 4.74 Å². The van der Waals surface area contributed by atoms with Crippen molar-refractivity contribution in [1.82, 2.24) is 0 Å². The van der Waals surface area contributed by atoms with Gasteiger partial charge >= 0.3 is 0 Å². The Morgan fingerprint density at radius 3 is 2.32 bits per heavy atom. The van der Waals surface area contributed by atoms with Crippen LogP contribution in [0.5, 0.6) is 5.75 Å². The quantitative estimate of drug-likeness (QED) is 0.661. The Morgan fingerprint density at radius 2 is 1.61 bits per heavy atom. The third-order valence-electron chi connectivity index (χ3n) is 5.26. The predicted octanol–water partition coefficient (Wildman–Crippen LogP) is 3.72. The molecule has 1 aliphatic heterocycles. The minimum Gasteiger partial charge on any atom is -0.487 e. The minimum absolute atomic E-state index is 0.293. The maximum atomic E-state index is 10.6. The molecule has 0 spiro atoms. The van der Waals surface area contributed by atoms with Crippen molar-refractivity contribution in [2.75, 3.05) is 18.1 Å². The lowest BCUT2D eigenvalue weighted by atomic mass is 9.99. The lowest BCUT2D eigenvalue weighted by Crippen LogP contribution is -2.37. The first-order valence-corrected chi connectivity index (χ1v) is 9.67. The molecule has 1 heterocycles. The van der Waals surface area contributed by atoms with Crippen LogP contribution in [0.4, 0.5) is 5.69 Å². The number of aliphatic hydroxyl groups is 2. The molecular formula is C24H25NO3. The minimum atomic E-state index is -0.879. The van der Waals surface area contributed by atoms with Crippen LogP contribution in [0.25, 0.3) is 0 Å². The van der Waals surface area contributed by atoms with Gasteiger partial charge in [-0.05, 0) is 29.2 Å². The van der Waals surface area contributed by atoms with Crippen molar-refractivity contribution in [2.24, 2.45) is 0 Å². The third-order valence-corrected chi connectivity index (χ3v) is 5.26. The lowest BCUT2D eigenvalue weighted by molar-refractivity contribution is 0.0716. The number of para-hydroxylation sites is 1. The van der Waals surface area contributed by atoms with E-state index in [1.165, 1.54) is 5.56 Å². The molecule has 0 saturated carbocycles. The molecule has 3 aromatic carbocycles. The molecule has 28 heavy (non-hydrogen) atoms. The summed E-state index contributed by atoms with van der Waals surface area (Å²) < 4.78 is 6.18. The summed E-state index contributed by atoms with van der Waals surface area (Å²) in [6.07, 6.45) is 0.00911. The van der Waals surface area contributed by atoms with E-state index in [1.54, 1.807) is 0 Å². The van der Waals surface area contributed by atoms with Crippen LogP contribution in [0.2, 0.25) is 0 Å². The predicted molar refractivity (Wildman–Crippen MR) is 111 cm³/mol. The number of fused-ring (bicyclic) bond motifs is 1. The number of nitrogens with zero attached hydrogens (tertiary/aromatic N) is 1. The first-order valence-electron chi connectivity index (χ1n) is 9.67. The highest BCUT2D eigenvalue weighted by Gasteiger charge is 2.34. The van der Waals surface area contributed by atoms with Gasteiger partial charge in [0.25, 0.3) is 0 Å². The van der Waals surface area contributed by atoms with Gasteiger partial charge < -0.3 is 19.8 Å². The van der Waals surface area contributed by atoms with E-state index in [2.05, 4.69) is 11.0 Å². The van der Waals surface area contributed by atoms with E-state index < -0.39 is 6.10 Å². The zero-order valence-corrected chi connectivity index (χ0v) is 15.7. The highest BCUT2D eigenvalue weighted by Crippen LogP contribution is 2.43. The Bertz CT molecular complexity index is 898. The molecule has 0 bridgehead atoms. The molecule has 0 unspecified atom stereocenters. The summed E-state index contributed by atoms with van der Waals surface area (Å²) in [6.45, 7) is 0.972. The Balaban J connectivity index is 1.67. The summed E-state index contributed by atoms with van der Waals surface area (Å²) in [5.74, 6) is 0.810. The zero-order chi connectivity index (χ0) is 19.3. The van der Waals surface area contributed by atoms with E-state index in [9.17, 15) is 10.2 Å². The van der Waals surface area contributed by atoms with Gasteiger partial charge in [0.15, 0.2) is 0 Å². The Kier molecular flexibility index (Phi) is 5.60. The van der Waals surface area contributed by atoms with E-state index in [0.29, 0.717) is 6.61 Å². The third kappa shape index (κ3) is 3.75. The van der Waals surface area contributed by atoms with Crippen LogP contribution in [0.15, 0.2) is 78.9 Å². The molecule has 0 fully saturated rings. The second-order valence-corrected chi connectivity index (χ2v) is 7.09. The maximum Gasteiger partial charge on any atom is 0.143 e. The summed E-state index contributed by atoms with van der Waals surface area (Å²) in [5, 5.41) is 20.3. The second kappa shape index (κ2) is 8.46. The van der Waals surface area contributed by atoms with E-state index in [1.807, 2.05) is 72.8 Å². The Hall–Kier alpha value is -2.82. The lowest BCUT2D eigenvalue weighted by Gasteiger charge is -2.34. The summed E-state index contributed by atoms with van der Waals surface area (Å²) in [7, 11) is 0. The van der Waals surface area contributed by atoms with Gasteiger partial charge in [-0.3, -0.25) is 0 Å². The topological polar surface area (TPSA) is 52.9 Å². The van der Waals surface area contributed by atoms with Gasteiger partial charge in [-0.1, -0.05) is 72.8 Å². The maximum absolute atomic E-state index is 10.6. The molecule has 4 nitrogen and oxygen atoms in total. The number of benzene rings is 3. The molecule has 3 aromatic rings. The van der Waals surface area contributed by atoms with Crippen LogP contribution in [0.3, 0.4) is 0 Å². The molecule has 4 rings (SSSR count). The van der Waals surface area contributed by atoms with E-state index in [0.717, 1.165) is 35.5 Å². The van der Waals surface area contributed by atoms with Gasteiger partial charge in [-0.25, -0.2) is 0 Å². The number of ether oxygens (including phenoxy) is 1. The average molecular weight is 375 g/mol. The van der Waals surface area contributed by atoms with Crippen molar-refractivity contribution < 1.29 is 14.9 Å². The van der Waals surface area contributed by atoms with Gasteiger partial charge in [-0.2, -0.15) is 0 Å². The summed E-state index contributed by atoms with van der Waals surface area (Å²) in [6, 6.07) is 25.7. The number of rotatable bonds is 7. The number of hydrogen-bond donors (Lipinski definition) is 2. The van der Waals surface area contributed by atoms with Crippen molar-refractivity contribution in [3.63, 3.8) is 0 Å². The van der Waals surface area contributed by atoms with Crippen molar-refractivity contribution in [3.8, 4) is 5.75 Å². The van der Waals surface area contributed by atoms with Crippen LogP contribution in [-0.4, -0.2) is 29.5 Å². The fraction of sp³-hybridized carbons (Fsp3) is 0.250. The molecule has 0 amide bonds. The largest absolute Gasteiger partial charge is 0.487 e. The zero-order valence-electron chi connectivity index (χ0n) is 15.7. The first kappa shape index (κ1) is 18.5. The molecular weight excluding hydrogens is 350 g/mol. The fourth-order valence-corrected chi connectivity index (χ4v) is 3.94. The van der Waals surface area contributed by atoms with Gasteiger partial charge in [0.1, 0.15) is 18.5 Å². The molecule has 4 heteroatoms. The SMILES string of the molecule is OC[C@@H](O)[C@H](c1ccccc1)N1CCc2cccc(OCc3ccccc3)c21. The highest BCUT2D eigenvalue weighted by molar-refractivity contribution is 5.68. The Labute approximate surface area is 165 Å². The monoisotopic (exact) mass is 375 g/mol. The number of hydrogen-bond acceptors (Lipinski definition) is 4. The van der Waals surface area contributed by atoms with Crippen LogP contribution in [0.1, 0.15) is 22.7 Å². The molecule has 2 atom stereocenters. The molecule has 0 saturated heterocycles. The molecule has 0 aromatic heterocycles. The van der Waals surface area contributed by atoms with Crippen LogP contribution in [-0.2, 0) is 13.0 Å². The van der Waals surface area contributed by atoms with Crippen molar-refractivity contribution in [3.05, 3.63) is 95.6 Å². The molecule has 144 valence electrons. The van der Waals surface area contributed by atoms with Crippen molar-refractivity contribution in [2.45, 2.75) is 25.2 Å². The normalized spacial score (nSPS) is 15.1. The smallest absolute Gasteiger partial charge is 0.143 e. The molecule has 1 aliphatic rings. The van der Waals surface area contributed by atoms with Crippen LogP contribution in [0, 0.1) is 0 Å². The van der Waals surface area contributed by atoms with Gasteiger partial charge in [-0.15, -0.1) is 0 Å². The summed E-state index contributed by atoms with van der Waals surface area (Å²) in [5.41, 5.74) is 4.31. The first-order chi connectivity index (χ1) is 13.8. The highest BCUT2D eigenvalue weighted by atomic mass is 16.5. The summed E-state index contributed by atoms with van der Waals surface area (Å²) in [4.78, 5) is 2.17. The Morgan fingerprint density at radius 1 is 0.893 bits per heavy atom. The molecule has 0 aliphatic carbocycles. The average Bonchev–Trinajstić information content (AvgIpc) is 3.18. The standard InChI is InChI=1S/C24H25NO3/c26-16-21(27)23(19-10-5-2-6-11-19)25-15-14-20-12-7-13-22(24(20)25)28-17-18-8-3-1-4-9-18/h1-13,21,23,26-27H,14-17H2/t21-,23+/m1/s1. The van der Waals surface area contributed by atoms with Gasteiger partial charge in [0, 0.05) is 6.54 Å². The van der Waals surface area contributed by atoms with E-state index in [-0.39, 0.29) is 12.6 Å². The fourth-order valence-electron chi connectivity index (χ4n) is 3.94. The van der Waals surface area contributed by atoms with Crippen LogP contribution < -0.4 is 9.64 Å². The second-order valence-electron chi connectivity index (χ2n) is 7.09. The van der Waals surface area contributed by atoms with Gasteiger partial charge in [0.2, 0.25) is 0 Å².